The first-order valence-electron chi connectivity index (χ1n) is 13.4. The van der Waals surface area contributed by atoms with E-state index in [0.29, 0.717) is 29.3 Å². The average molecular weight is 548 g/mol. The van der Waals surface area contributed by atoms with Crippen LogP contribution in [0, 0.1) is 6.92 Å². The zero-order valence-electron chi connectivity index (χ0n) is 24.2. The Balaban J connectivity index is 1.93. The third-order valence-electron chi connectivity index (χ3n) is 7.06. The maximum atomic E-state index is 13.2. The van der Waals surface area contributed by atoms with Crippen LogP contribution in [-0.2, 0) is 16.0 Å². The van der Waals surface area contributed by atoms with Crippen LogP contribution in [0.5, 0.6) is 11.5 Å². The van der Waals surface area contributed by atoms with E-state index in [4.69, 9.17) is 14.2 Å². The lowest BCUT2D eigenvalue weighted by Crippen LogP contribution is -2.41. The first-order valence-corrected chi connectivity index (χ1v) is 13.4. The summed E-state index contributed by atoms with van der Waals surface area (Å²) in [4.78, 5) is 14.5. The zero-order valence-corrected chi connectivity index (χ0v) is 24.2. The largest absolute Gasteiger partial charge is 0.493 e. The minimum Gasteiger partial charge on any atom is -0.493 e. The molecule has 40 heavy (non-hydrogen) atoms. The van der Waals surface area contributed by atoms with Crippen LogP contribution in [0.1, 0.15) is 61.9 Å². The van der Waals surface area contributed by atoms with Crippen LogP contribution in [0.3, 0.4) is 0 Å². The third-order valence-corrected chi connectivity index (χ3v) is 7.06. The van der Waals surface area contributed by atoms with Crippen LogP contribution in [0.4, 0.5) is 4.39 Å². The molecular formula is C33H38FNO5. The molecule has 0 spiro atoms. The monoisotopic (exact) mass is 547 g/mol. The highest BCUT2D eigenvalue weighted by Crippen LogP contribution is 2.46. The molecule has 0 amide bonds. The minimum atomic E-state index is -1.24. The summed E-state index contributed by atoms with van der Waals surface area (Å²) >= 11 is 0. The second-order valence-corrected chi connectivity index (χ2v) is 11.3. The highest BCUT2D eigenvalue weighted by atomic mass is 19.1. The van der Waals surface area contributed by atoms with Gasteiger partial charge in [-0.15, -0.1) is 0 Å². The Bertz CT molecular complexity index is 1430. The molecule has 0 bridgehead atoms. The van der Waals surface area contributed by atoms with Gasteiger partial charge >= 0.3 is 5.97 Å². The lowest BCUT2D eigenvalue weighted by Gasteiger charge is -2.39. The van der Waals surface area contributed by atoms with Crippen molar-refractivity contribution in [3.63, 3.8) is 0 Å². The zero-order chi connectivity index (χ0) is 29.4. The second kappa shape index (κ2) is 11.3. The van der Waals surface area contributed by atoms with Crippen LogP contribution in [0.15, 0.2) is 66.7 Å². The molecule has 1 atom stereocenters. The Morgan fingerprint density at radius 1 is 1.23 bits per heavy atom. The molecule has 2 aliphatic rings. The predicted molar refractivity (Wildman–Crippen MR) is 156 cm³/mol. The van der Waals surface area contributed by atoms with Crippen molar-refractivity contribution in [2.45, 2.75) is 59.2 Å². The highest BCUT2D eigenvalue weighted by molar-refractivity contribution is 5.96. The van der Waals surface area contributed by atoms with Gasteiger partial charge in [0.05, 0.1) is 17.9 Å². The fourth-order valence-electron chi connectivity index (χ4n) is 5.25. The molecular weight excluding hydrogens is 509 g/mol. The maximum Gasteiger partial charge on any atom is 0.339 e. The van der Waals surface area contributed by atoms with Crippen molar-refractivity contribution in [3.8, 4) is 11.5 Å². The van der Waals surface area contributed by atoms with Gasteiger partial charge in [-0.1, -0.05) is 19.2 Å². The smallest absolute Gasteiger partial charge is 0.339 e. The van der Waals surface area contributed by atoms with Gasteiger partial charge in [-0.2, -0.15) is 0 Å². The Kier molecular flexibility index (Phi) is 8.26. The van der Waals surface area contributed by atoms with E-state index in [9.17, 15) is 14.3 Å². The standard InChI is InChI=1S/C33H38FNO5/c1-19(16-20(2)34)18-39-23-11-12-26-27(17-23)22(4)35(8)30(31(32(36)37)40-33(5,6)7)29(26)25-13-14-28-24(21(25)3)10-9-15-38-28/h11-14,16-17,31H,2,4,9-10,15,18H2,1,3,5-8H3,(H,36,37). The van der Waals surface area contributed by atoms with Gasteiger partial charge < -0.3 is 24.2 Å². The summed E-state index contributed by atoms with van der Waals surface area (Å²) in [5.41, 5.74) is 6.60. The second-order valence-electron chi connectivity index (χ2n) is 11.3. The number of rotatable bonds is 8. The van der Waals surface area contributed by atoms with Crippen molar-refractivity contribution in [2.24, 2.45) is 0 Å². The average Bonchev–Trinajstić information content (AvgIpc) is 2.88. The van der Waals surface area contributed by atoms with E-state index in [-0.39, 0.29) is 6.61 Å². The van der Waals surface area contributed by atoms with Crippen molar-refractivity contribution >= 4 is 17.2 Å². The molecule has 4 rings (SSSR count). The molecule has 6 nitrogen and oxygen atoms in total. The number of carbonyl (C=O) groups is 1. The fraction of sp³-hybridized carbons (Fsp3) is 0.364. The number of likely N-dealkylation sites (N-methyl/N-ethyl adjacent to an activating group) is 1. The summed E-state index contributed by atoms with van der Waals surface area (Å²) in [6.45, 7) is 17.8. The Hall–Kier alpha value is -3.84. The first kappa shape index (κ1) is 29.2. The van der Waals surface area contributed by atoms with Crippen molar-refractivity contribution in [2.75, 3.05) is 20.3 Å². The molecule has 0 radical (unpaired) electrons. The topological polar surface area (TPSA) is 68.2 Å². The first-order chi connectivity index (χ1) is 18.8. The maximum absolute atomic E-state index is 13.2. The van der Waals surface area contributed by atoms with Gasteiger partial charge in [0.15, 0.2) is 6.10 Å². The molecule has 0 aromatic heterocycles. The van der Waals surface area contributed by atoms with Gasteiger partial charge in [0.2, 0.25) is 0 Å². The highest BCUT2D eigenvalue weighted by Gasteiger charge is 2.38. The molecule has 7 heteroatoms. The molecule has 2 aliphatic heterocycles. The normalized spacial score (nSPS) is 16.2. The summed E-state index contributed by atoms with van der Waals surface area (Å²) in [7, 11) is 1.81. The SMILES string of the molecule is C=C(F)C=C(C)COc1ccc2c(c1)C(=C)N(C)C(C(OC(C)(C)C)C(=O)O)=C2c1ccc2c(c1C)CCCO2. The number of nitrogens with zero attached hydrogens (tertiary/aromatic N) is 1. The van der Waals surface area contributed by atoms with Crippen molar-refractivity contribution in [3.05, 3.63) is 94.5 Å². The number of halogens is 1. The van der Waals surface area contributed by atoms with E-state index in [1.54, 1.807) is 11.8 Å². The summed E-state index contributed by atoms with van der Waals surface area (Å²) < 4.78 is 31.2. The predicted octanol–water partition coefficient (Wildman–Crippen LogP) is 7.07. The van der Waals surface area contributed by atoms with Gasteiger partial charge in [-0.05, 0) is 106 Å². The van der Waals surface area contributed by atoms with Crippen LogP contribution >= 0.6 is 0 Å². The summed E-state index contributed by atoms with van der Waals surface area (Å²) in [5.74, 6) is -0.154. The number of aliphatic carboxylic acids is 1. The van der Waals surface area contributed by atoms with E-state index >= 15 is 0 Å². The number of ether oxygens (including phenoxy) is 3. The van der Waals surface area contributed by atoms with Gasteiger partial charge in [-0.25, -0.2) is 9.18 Å². The summed E-state index contributed by atoms with van der Waals surface area (Å²) in [5, 5.41) is 10.4. The number of benzene rings is 2. The lowest BCUT2D eigenvalue weighted by atomic mass is 9.82. The number of hydrogen-bond acceptors (Lipinski definition) is 5. The van der Waals surface area contributed by atoms with E-state index < -0.39 is 23.5 Å². The van der Waals surface area contributed by atoms with E-state index in [2.05, 4.69) is 20.1 Å². The van der Waals surface area contributed by atoms with Crippen molar-refractivity contribution in [1.82, 2.24) is 4.90 Å². The molecule has 1 unspecified atom stereocenters. The van der Waals surface area contributed by atoms with E-state index in [1.165, 1.54) is 6.08 Å². The molecule has 2 heterocycles. The van der Waals surface area contributed by atoms with Crippen molar-refractivity contribution < 1.29 is 28.5 Å². The molecule has 0 saturated carbocycles. The van der Waals surface area contributed by atoms with Gasteiger partial charge in [0.25, 0.3) is 0 Å². The molecule has 1 N–H and O–H groups in total. The molecule has 0 saturated heterocycles. The minimum absolute atomic E-state index is 0.197. The number of carboxylic acids is 1. The molecule has 0 fully saturated rings. The quantitative estimate of drug-likeness (QED) is 0.357. The van der Waals surface area contributed by atoms with Gasteiger partial charge in [-0.3, -0.25) is 0 Å². The number of fused-ring (bicyclic) bond motifs is 2. The molecule has 2 aromatic rings. The number of hydrogen-bond donors (Lipinski definition) is 1. The Morgan fingerprint density at radius 2 is 1.93 bits per heavy atom. The van der Waals surface area contributed by atoms with E-state index in [1.807, 2.05) is 58.2 Å². The van der Waals surface area contributed by atoms with Crippen molar-refractivity contribution in [1.29, 1.82) is 0 Å². The lowest BCUT2D eigenvalue weighted by molar-refractivity contribution is -0.156. The summed E-state index contributed by atoms with van der Waals surface area (Å²) in [6.07, 6.45) is 1.90. The van der Waals surface area contributed by atoms with Crippen LogP contribution in [0.2, 0.25) is 0 Å². The molecule has 0 aliphatic carbocycles. The Labute approximate surface area is 236 Å². The summed E-state index contributed by atoms with van der Waals surface area (Å²) in [6, 6.07) is 9.62. The molecule has 2 aromatic carbocycles. The Morgan fingerprint density at radius 3 is 2.58 bits per heavy atom. The van der Waals surface area contributed by atoms with Gasteiger partial charge in [0, 0.05) is 23.9 Å². The number of allylic oxidation sites excluding steroid dienone is 2. The van der Waals surface area contributed by atoms with E-state index in [0.717, 1.165) is 52.0 Å². The van der Waals surface area contributed by atoms with Crippen LogP contribution in [-0.4, -0.2) is 47.9 Å². The fourth-order valence-corrected chi connectivity index (χ4v) is 5.25. The van der Waals surface area contributed by atoms with Crippen LogP contribution in [0.25, 0.3) is 11.3 Å². The molecule has 212 valence electrons. The third kappa shape index (κ3) is 5.99. The van der Waals surface area contributed by atoms with Crippen LogP contribution < -0.4 is 9.47 Å². The van der Waals surface area contributed by atoms with Gasteiger partial charge in [0.1, 0.15) is 23.9 Å². The number of carboxylic acid groups (broad SMARTS) is 1.